The Kier molecular flexibility index (Phi) is 7.73. The van der Waals surface area contributed by atoms with Crippen molar-refractivity contribution >= 4 is 27.9 Å². The lowest BCUT2D eigenvalue weighted by molar-refractivity contribution is -0.141. The van der Waals surface area contributed by atoms with E-state index >= 15 is 0 Å². The van der Waals surface area contributed by atoms with Crippen LogP contribution in [0.3, 0.4) is 0 Å². The lowest BCUT2D eigenvalue weighted by Gasteiger charge is -2.35. The number of carbonyl (C=O) groups excluding carboxylic acids is 2. The van der Waals surface area contributed by atoms with E-state index in [1.54, 1.807) is 25.7 Å². The van der Waals surface area contributed by atoms with Gasteiger partial charge in [0.05, 0.1) is 13.2 Å². The van der Waals surface area contributed by atoms with Crippen molar-refractivity contribution in [2.45, 2.75) is 44.9 Å². The van der Waals surface area contributed by atoms with E-state index in [0.29, 0.717) is 26.1 Å². The Morgan fingerprint density at radius 2 is 1.84 bits per heavy atom. The van der Waals surface area contributed by atoms with Gasteiger partial charge in [0.15, 0.2) is 0 Å². The topological polar surface area (TPSA) is 67.9 Å². The summed E-state index contributed by atoms with van der Waals surface area (Å²) < 4.78 is 12.3. The third kappa shape index (κ3) is 7.08. The van der Waals surface area contributed by atoms with Crippen molar-refractivity contribution in [2.24, 2.45) is 0 Å². The third-order valence-corrected chi connectivity index (χ3v) is 5.42. The lowest BCUT2D eigenvalue weighted by atomic mass is 10.0. The molecule has 0 aliphatic carbocycles. The molecule has 1 saturated heterocycles. The number of nitrogens with one attached hydrogen (secondary N) is 1. The molecule has 3 rings (SSSR count). The summed E-state index contributed by atoms with van der Waals surface area (Å²) in [5.41, 5.74) is 1.34. The largest absolute Gasteiger partial charge is 0.444 e. The van der Waals surface area contributed by atoms with E-state index in [-0.39, 0.29) is 12.0 Å². The zero-order valence-electron chi connectivity index (χ0n) is 18.1. The molecule has 1 unspecified atom stereocenters. The number of morpholine rings is 1. The summed E-state index contributed by atoms with van der Waals surface area (Å²) in [6.45, 7) is 6.74. The van der Waals surface area contributed by atoms with Gasteiger partial charge in [0.2, 0.25) is 5.91 Å². The Balaban J connectivity index is 1.74. The van der Waals surface area contributed by atoms with Crippen molar-refractivity contribution < 1.29 is 19.1 Å². The first-order valence-electron chi connectivity index (χ1n) is 10.4. The first-order chi connectivity index (χ1) is 14.7. The molecule has 0 aromatic heterocycles. The summed E-state index contributed by atoms with van der Waals surface area (Å²) in [7, 11) is 0. The van der Waals surface area contributed by atoms with Gasteiger partial charge in [-0.25, -0.2) is 4.79 Å². The molecule has 2 atom stereocenters. The summed E-state index contributed by atoms with van der Waals surface area (Å²) >= 11 is 3.44. The van der Waals surface area contributed by atoms with Gasteiger partial charge >= 0.3 is 6.09 Å². The number of carbonyl (C=O) groups is 2. The van der Waals surface area contributed by atoms with Crippen LogP contribution in [0.15, 0.2) is 59.1 Å². The predicted octanol–water partition coefficient (Wildman–Crippen LogP) is 4.49. The van der Waals surface area contributed by atoms with Crippen LogP contribution in [0.1, 0.15) is 38.0 Å². The molecule has 6 nitrogen and oxygen atoms in total. The molecule has 166 valence electrons. The van der Waals surface area contributed by atoms with Gasteiger partial charge in [-0.05, 0) is 44.0 Å². The zero-order chi connectivity index (χ0) is 22.4. The highest BCUT2D eigenvalue weighted by atomic mass is 79.9. The van der Waals surface area contributed by atoms with Crippen LogP contribution in [0.4, 0.5) is 4.79 Å². The van der Waals surface area contributed by atoms with Gasteiger partial charge in [-0.3, -0.25) is 4.79 Å². The molecule has 0 radical (unpaired) electrons. The zero-order valence-corrected chi connectivity index (χ0v) is 19.7. The maximum atomic E-state index is 13.4. The number of halogens is 1. The Morgan fingerprint density at radius 3 is 2.48 bits per heavy atom. The van der Waals surface area contributed by atoms with Crippen LogP contribution < -0.4 is 5.32 Å². The van der Waals surface area contributed by atoms with Gasteiger partial charge in [-0.1, -0.05) is 58.4 Å². The number of alkyl carbamates (subject to hydrolysis) is 1. The van der Waals surface area contributed by atoms with Gasteiger partial charge in [-0.15, -0.1) is 0 Å². The van der Waals surface area contributed by atoms with Crippen LogP contribution in [0, 0.1) is 0 Å². The predicted molar refractivity (Wildman–Crippen MR) is 123 cm³/mol. The van der Waals surface area contributed by atoms with Gasteiger partial charge in [0.1, 0.15) is 17.7 Å². The van der Waals surface area contributed by atoms with Crippen molar-refractivity contribution in [1.82, 2.24) is 10.2 Å². The quantitative estimate of drug-likeness (QED) is 0.673. The summed E-state index contributed by atoms with van der Waals surface area (Å²) in [5.74, 6) is -0.139. The fourth-order valence-electron chi connectivity index (χ4n) is 3.45. The third-order valence-electron chi connectivity index (χ3n) is 4.89. The van der Waals surface area contributed by atoms with Crippen LogP contribution in [-0.4, -0.2) is 48.2 Å². The fourth-order valence-corrected chi connectivity index (χ4v) is 3.71. The molecule has 0 bridgehead atoms. The second kappa shape index (κ2) is 10.3. The molecule has 2 aromatic rings. The number of hydrogen-bond acceptors (Lipinski definition) is 4. The van der Waals surface area contributed by atoms with Gasteiger partial charge in [0, 0.05) is 17.4 Å². The van der Waals surface area contributed by atoms with Gasteiger partial charge in [-0.2, -0.15) is 0 Å². The Bertz CT molecular complexity index is 881. The molecule has 7 heteroatoms. The first kappa shape index (κ1) is 23.3. The molecule has 0 spiro atoms. The number of hydrogen-bond donors (Lipinski definition) is 1. The molecular formula is C24H29BrN2O4. The molecule has 1 aliphatic rings. The standard InChI is InChI=1S/C24H29BrN2O4/c1-24(2,3)31-23(29)26-20(15-17-7-5-4-6-8-17)22(28)27-13-14-30-21(16-27)18-9-11-19(25)12-10-18/h4-12,20-21H,13-16H2,1-3H3,(H,26,29)/t20-,21?/m0/s1. The van der Waals surface area contributed by atoms with Crippen LogP contribution in [-0.2, 0) is 20.7 Å². The molecule has 2 amide bonds. The summed E-state index contributed by atoms with van der Waals surface area (Å²) in [4.78, 5) is 27.6. The monoisotopic (exact) mass is 488 g/mol. The molecule has 1 fully saturated rings. The highest BCUT2D eigenvalue weighted by molar-refractivity contribution is 9.10. The molecule has 31 heavy (non-hydrogen) atoms. The summed E-state index contributed by atoms with van der Waals surface area (Å²) in [5, 5.41) is 2.78. The normalized spacial score (nSPS) is 17.7. The Labute approximate surface area is 192 Å². The minimum atomic E-state index is -0.721. The first-order valence-corrected chi connectivity index (χ1v) is 11.2. The van der Waals surface area contributed by atoms with Gasteiger partial charge < -0.3 is 19.7 Å². The van der Waals surface area contributed by atoms with Crippen LogP contribution in [0.5, 0.6) is 0 Å². The van der Waals surface area contributed by atoms with Crippen molar-refractivity contribution in [3.05, 3.63) is 70.2 Å². The van der Waals surface area contributed by atoms with Crippen LogP contribution >= 0.6 is 15.9 Å². The van der Waals surface area contributed by atoms with E-state index in [9.17, 15) is 9.59 Å². The minimum Gasteiger partial charge on any atom is -0.444 e. The second-order valence-electron chi connectivity index (χ2n) is 8.58. The SMILES string of the molecule is CC(C)(C)OC(=O)N[C@@H](Cc1ccccc1)C(=O)N1CCOC(c2ccc(Br)cc2)C1. The molecular weight excluding hydrogens is 460 g/mol. The molecule has 2 aromatic carbocycles. The average Bonchev–Trinajstić information content (AvgIpc) is 2.73. The molecule has 0 saturated carbocycles. The molecule has 1 N–H and O–H groups in total. The maximum absolute atomic E-state index is 13.4. The van der Waals surface area contributed by atoms with E-state index in [1.165, 1.54) is 0 Å². The number of benzene rings is 2. The van der Waals surface area contributed by atoms with Crippen molar-refractivity contribution in [2.75, 3.05) is 19.7 Å². The van der Waals surface area contributed by atoms with E-state index < -0.39 is 17.7 Å². The average molecular weight is 489 g/mol. The number of nitrogens with zero attached hydrogens (tertiary/aromatic N) is 1. The van der Waals surface area contributed by atoms with E-state index in [0.717, 1.165) is 15.6 Å². The maximum Gasteiger partial charge on any atom is 0.408 e. The van der Waals surface area contributed by atoms with E-state index in [1.807, 2.05) is 54.6 Å². The molecule has 1 heterocycles. The smallest absolute Gasteiger partial charge is 0.408 e. The van der Waals surface area contributed by atoms with Crippen molar-refractivity contribution in [1.29, 1.82) is 0 Å². The van der Waals surface area contributed by atoms with Gasteiger partial charge in [0.25, 0.3) is 0 Å². The van der Waals surface area contributed by atoms with Crippen LogP contribution in [0.2, 0.25) is 0 Å². The summed E-state index contributed by atoms with van der Waals surface area (Å²) in [6.07, 6.45) is -0.414. The number of rotatable bonds is 5. The molecule has 1 aliphatic heterocycles. The van der Waals surface area contributed by atoms with E-state index in [2.05, 4.69) is 21.2 Å². The highest BCUT2D eigenvalue weighted by Crippen LogP contribution is 2.24. The lowest BCUT2D eigenvalue weighted by Crippen LogP contribution is -2.53. The number of ether oxygens (including phenoxy) is 2. The van der Waals surface area contributed by atoms with E-state index in [4.69, 9.17) is 9.47 Å². The van der Waals surface area contributed by atoms with Crippen molar-refractivity contribution in [3.8, 4) is 0 Å². The minimum absolute atomic E-state index is 0.139. The summed E-state index contributed by atoms with van der Waals surface area (Å²) in [6, 6.07) is 16.8. The number of amides is 2. The second-order valence-corrected chi connectivity index (χ2v) is 9.50. The van der Waals surface area contributed by atoms with Crippen molar-refractivity contribution in [3.63, 3.8) is 0 Å². The van der Waals surface area contributed by atoms with Crippen LogP contribution in [0.25, 0.3) is 0 Å². The fraction of sp³-hybridized carbons (Fsp3) is 0.417. The highest BCUT2D eigenvalue weighted by Gasteiger charge is 2.32. The Hall–Kier alpha value is -2.38. The Morgan fingerprint density at radius 1 is 1.16 bits per heavy atom.